The highest BCUT2D eigenvalue weighted by atomic mass is 35.5. The summed E-state index contributed by atoms with van der Waals surface area (Å²) < 4.78 is 0. The number of nitrogen functional groups attached to an aromatic ring is 1. The highest BCUT2D eigenvalue weighted by Gasteiger charge is 2.10. The first-order chi connectivity index (χ1) is 7.65. The minimum atomic E-state index is -0.386. The topological polar surface area (TPSA) is 93.8 Å². The first kappa shape index (κ1) is 10.8. The maximum atomic E-state index is 11.6. The fraction of sp³-hybridized carbons (Fsp3) is 0. The minimum Gasteiger partial charge on any atom is -0.375 e. The number of amides is 1. The van der Waals surface area contributed by atoms with Crippen LogP contribution in [0.1, 0.15) is 10.5 Å². The lowest BCUT2D eigenvalue weighted by atomic mass is 10.4. The van der Waals surface area contributed by atoms with E-state index in [1.54, 1.807) is 5.38 Å². The van der Waals surface area contributed by atoms with Gasteiger partial charge in [-0.3, -0.25) is 4.79 Å². The summed E-state index contributed by atoms with van der Waals surface area (Å²) in [6.07, 6.45) is 1.44. The summed E-state index contributed by atoms with van der Waals surface area (Å²) >= 11 is 6.76. The molecule has 0 atom stereocenters. The van der Waals surface area contributed by atoms with Crippen LogP contribution in [0.5, 0.6) is 0 Å². The molecular formula is C8H6ClN5OS. The van der Waals surface area contributed by atoms with Crippen molar-refractivity contribution in [2.75, 3.05) is 11.1 Å². The Morgan fingerprint density at radius 2 is 2.31 bits per heavy atom. The first-order valence-corrected chi connectivity index (χ1v) is 5.42. The lowest BCUT2D eigenvalue weighted by Crippen LogP contribution is -2.13. The Kier molecular flexibility index (Phi) is 2.97. The number of aromatic nitrogens is 3. The van der Waals surface area contributed by atoms with E-state index < -0.39 is 0 Å². The largest absolute Gasteiger partial charge is 0.375 e. The number of nitrogens with zero attached hydrogens (tertiary/aromatic N) is 3. The third kappa shape index (κ3) is 2.44. The number of thiazole rings is 1. The molecule has 0 saturated heterocycles. The van der Waals surface area contributed by atoms with Crippen LogP contribution in [0.4, 0.5) is 10.9 Å². The number of nitrogens with one attached hydrogen (secondary N) is 1. The van der Waals surface area contributed by atoms with Gasteiger partial charge in [0.1, 0.15) is 11.5 Å². The zero-order valence-electron chi connectivity index (χ0n) is 7.85. The van der Waals surface area contributed by atoms with Crippen molar-refractivity contribution >= 4 is 39.8 Å². The molecule has 8 heteroatoms. The lowest BCUT2D eigenvalue weighted by Gasteiger charge is -2.01. The maximum Gasteiger partial charge on any atom is 0.276 e. The lowest BCUT2D eigenvalue weighted by molar-refractivity contribution is 0.102. The molecule has 2 rings (SSSR count). The second-order valence-corrected chi connectivity index (χ2v) is 3.96. The number of carbonyl (C=O) groups excluding carboxylic acids is 1. The average Bonchev–Trinajstić information content (AvgIpc) is 2.65. The Balaban J connectivity index is 2.13. The van der Waals surface area contributed by atoms with Gasteiger partial charge in [-0.05, 0) is 17.7 Å². The van der Waals surface area contributed by atoms with Gasteiger partial charge in [-0.1, -0.05) is 0 Å². The predicted molar refractivity (Wildman–Crippen MR) is 61.5 cm³/mol. The van der Waals surface area contributed by atoms with Crippen LogP contribution in [0.2, 0.25) is 5.28 Å². The van der Waals surface area contributed by atoms with Crippen LogP contribution in [0.15, 0.2) is 17.6 Å². The molecule has 6 nitrogen and oxygen atoms in total. The van der Waals surface area contributed by atoms with Crippen molar-refractivity contribution in [2.24, 2.45) is 0 Å². The second kappa shape index (κ2) is 4.42. The summed E-state index contributed by atoms with van der Waals surface area (Å²) in [4.78, 5) is 23.0. The Bertz CT molecular complexity index is 529. The van der Waals surface area contributed by atoms with Crippen molar-refractivity contribution in [3.8, 4) is 0 Å². The highest BCUT2D eigenvalue weighted by molar-refractivity contribution is 7.13. The monoisotopic (exact) mass is 255 g/mol. The van der Waals surface area contributed by atoms with Gasteiger partial charge >= 0.3 is 0 Å². The summed E-state index contributed by atoms with van der Waals surface area (Å²) in [6.45, 7) is 0. The maximum absolute atomic E-state index is 11.6. The van der Waals surface area contributed by atoms with Crippen LogP contribution in [0, 0.1) is 0 Å². The number of hydrogen-bond acceptors (Lipinski definition) is 6. The molecule has 2 aromatic rings. The Morgan fingerprint density at radius 1 is 1.50 bits per heavy atom. The van der Waals surface area contributed by atoms with E-state index in [-0.39, 0.29) is 16.9 Å². The van der Waals surface area contributed by atoms with Crippen LogP contribution in [0.3, 0.4) is 0 Å². The van der Waals surface area contributed by atoms with Gasteiger partial charge in [-0.15, -0.1) is 11.3 Å². The van der Waals surface area contributed by atoms with Crippen LogP contribution in [-0.2, 0) is 0 Å². The van der Waals surface area contributed by atoms with Crippen LogP contribution in [-0.4, -0.2) is 20.9 Å². The number of carbonyl (C=O) groups is 1. The standard InChI is InChI=1S/C8H6ClN5OS/c9-7-11-2-1-5(14-7)13-6(15)4-3-16-8(10)12-4/h1-3H,(H2,10,12)(H,11,13,14,15). The van der Waals surface area contributed by atoms with E-state index in [4.69, 9.17) is 17.3 Å². The summed E-state index contributed by atoms with van der Waals surface area (Å²) in [5.74, 6) is -0.0701. The molecule has 0 radical (unpaired) electrons. The molecule has 0 saturated carbocycles. The smallest absolute Gasteiger partial charge is 0.276 e. The Morgan fingerprint density at radius 3 is 2.94 bits per heavy atom. The SMILES string of the molecule is Nc1nc(C(=O)Nc2ccnc(Cl)n2)cs1. The molecular weight excluding hydrogens is 250 g/mol. The molecule has 3 N–H and O–H groups in total. The fourth-order valence-corrected chi connectivity index (χ4v) is 1.67. The van der Waals surface area contributed by atoms with Gasteiger partial charge in [0.25, 0.3) is 5.91 Å². The van der Waals surface area contributed by atoms with E-state index in [1.807, 2.05) is 0 Å². The van der Waals surface area contributed by atoms with Gasteiger partial charge in [0.05, 0.1) is 0 Å². The molecule has 2 heterocycles. The van der Waals surface area contributed by atoms with E-state index >= 15 is 0 Å². The van der Waals surface area contributed by atoms with Crippen molar-refractivity contribution in [1.29, 1.82) is 0 Å². The third-order valence-electron chi connectivity index (χ3n) is 1.62. The number of hydrogen-bond donors (Lipinski definition) is 2. The van der Waals surface area contributed by atoms with Crippen molar-refractivity contribution in [3.63, 3.8) is 0 Å². The van der Waals surface area contributed by atoms with E-state index in [0.29, 0.717) is 10.9 Å². The molecule has 0 aliphatic heterocycles. The molecule has 1 amide bonds. The van der Waals surface area contributed by atoms with Crippen LogP contribution in [0.25, 0.3) is 0 Å². The molecule has 2 aromatic heterocycles. The van der Waals surface area contributed by atoms with Gasteiger partial charge in [0, 0.05) is 11.6 Å². The average molecular weight is 256 g/mol. The molecule has 0 aliphatic carbocycles. The van der Waals surface area contributed by atoms with Gasteiger partial charge in [0.15, 0.2) is 5.13 Å². The fourth-order valence-electron chi connectivity index (χ4n) is 0.977. The van der Waals surface area contributed by atoms with Crippen molar-refractivity contribution in [3.05, 3.63) is 28.6 Å². The van der Waals surface area contributed by atoms with E-state index in [0.717, 1.165) is 0 Å². The number of nitrogens with two attached hydrogens (primary N) is 1. The zero-order valence-corrected chi connectivity index (χ0v) is 9.42. The zero-order chi connectivity index (χ0) is 11.5. The van der Waals surface area contributed by atoms with Gasteiger partial charge in [-0.25, -0.2) is 15.0 Å². The normalized spacial score (nSPS) is 10.1. The van der Waals surface area contributed by atoms with Crippen molar-refractivity contribution in [2.45, 2.75) is 0 Å². The van der Waals surface area contributed by atoms with Crippen molar-refractivity contribution < 1.29 is 4.79 Å². The summed E-state index contributed by atoms with van der Waals surface area (Å²) in [5, 5.41) is 4.49. The highest BCUT2D eigenvalue weighted by Crippen LogP contribution is 2.13. The summed E-state index contributed by atoms with van der Waals surface area (Å²) in [7, 11) is 0. The van der Waals surface area contributed by atoms with Crippen LogP contribution < -0.4 is 11.1 Å². The number of anilines is 2. The van der Waals surface area contributed by atoms with Gasteiger partial charge in [0.2, 0.25) is 5.28 Å². The molecule has 0 spiro atoms. The molecule has 82 valence electrons. The minimum absolute atomic E-state index is 0.0654. The molecule has 16 heavy (non-hydrogen) atoms. The molecule has 0 bridgehead atoms. The van der Waals surface area contributed by atoms with E-state index in [2.05, 4.69) is 20.3 Å². The predicted octanol–water partition coefficient (Wildman–Crippen LogP) is 1.42. The third-order valence-corrected chi connectivity index (χ3v) is 2.48. The van der Waals surface area contributed by atoms with Gasteiger partial charge in [-0.2, -0.15) is 0 Å². The number of halogens is 1. The molecule has 0 aliphatic rings. The molecule has 0 fully saturated rings. The van der Waals surface area contributed by atoms with E-state index in [1.165, 1.54) is 23.6 Å². The molecule has 0 aromatic carbocycles. The summed E-state index contributed by atoms with van der Waals surface area (Å²) in [5.41, 5.74) is 5.66. The number of rotatable bonds is 2. The van der Waals surface area contributed by atoms with Crippen LogP contribution >= 0.6 is 22.9 Å². The second-order valence-electron chi connectivity index (χ2n) is 2.74. The van der Waals surface area contributed by atoms with Crippen molar-refractivity contribution in [1.82, 2.24) is 15.0 Å². The van der Waals surface area contributed by atoms with Gasteiger partial charge < -0.3 is 11.1 Å². The Labute approximate surface area is 99.5 Å². The quantitative estimate of drug-likeness (QED) is 0.792. The first-order valence-electron chi connectivity index (χ1n) is 4.16. The van der Waals surface area contributed by atoms with E-state index in [9.17, 15) is 4.79 Å². The molecule has 0 unspecified atom stereocenters. The summed E-state index contributed by atoms with van der Waals surface area (Å²) in [6, 6.07) is 1.53. The Hall–Kier alpha value is -1.73.